The first-order valence-corrected chi connectivity index (χ1v) is 12.9. The van der Waals surface area contributed by atoms with Gasteiger partial charge in [-0.15, -0.1) is 17.9 Å². The summed E-state index contributed by atoms with van der Waals surface area (Å²) in [5.41, 5.74) is 5.52. The Morgan fingerprint density at radius 2 is 1.92 bits per heavy atom. The Labute approximate surface area is 214 Å². The van der Waals surface area contributed by atoms with E-state index in [9.17, 15) is 14.4 Å². The summed E-state index contributed by atoms with van der Waals surface area (Å²) in [6.07, 6.45) is 7.28. The lowest BCUT2D eigenvalue weighted by Crippen LogP contribution is -2.30. The Kier molecular flexibility index (Phi) is 6.36. The largest absolute Gasteiger partial charge is 0.329 e. The summed E-state index contributed by atoms with van der Waals surface area (Å²) < 4.78 is 2.10. The van der Waals surface area contributed by atoms with Crippen LogP contribution in [0.4, 0.5) is 10.5 Å². The SMILES string of the molecule is C=CCN1C(=O)N/C(=C/c2cc(C)n(-c3sc4c(c3C(=O)Nc3ccccc3)CCCC4)c2C)C1=O. The second-order valence-electron chi connectivity index (χ2n) is 9.07. The molecule has 2 N–H and O–H groups in total. The number of nitrogens with zero attached hydrogens (tertiary/aromatic N) is 2. The molecule has 0 saturated carbocycles. The van der Waals surface area contributed by atoms with Crippen molar-refractivity contribution in [2.45, 2.75) is 39.5 Å². The number of hydrogen-bond acceptors (Lipinski definition) is 4. The number of para-hydroxylation sites is 1. The van der Waals surface area contributed by atoms with Gasteiger partial charge in [-0.25, -0.2) is 4.79 Å². The highest BCUT2D eigenvalue weighted by Crippen LogP contribution is 2.39. The first-order chi connectivity index (χ1) is 17.4. The molecule has 0 unspecified atom stereocenters. The van der Waals surface area contributed by atoms with E-state index in [0.29, 0.717) is 0 Å². The summed E-state index contributed by atoms with van der Waals surface area (Å²) in [4.78, 5) is 40.9. The monoisotopic (exact) mass is 500 g/mol. The number of anilines is 1. The summed E-state index contributed by atoms with van der Waals surface area (Å²) in [7, 11) is 0. The lowest BCUT2D eigenvalue weighted by Gasteiger charge is -2.14. The average Bonchev–Trinajstić information content (AvgIpc) is 3.46. The van der Waals surface area contributed by atoms with Crippen LogP contribution in [-0.4, -0.2) is 33.9 Å². The van der Waals surface area contributed by atoms with E-state index in [1.807, 2.05) is 50.2 Å². The Morgan fingerprint density at radius 3 is 2.67 bits per heavy atom. The van der Waals surface area contributed by atoms with Crippen molar-refractivity contribution in [3.8, 4) is 5.00 Å². The number of imide groups is 1. The number of thiophene rings is 1. The molecular formula is C28H28N4O3S. The molecule has 4 amide bonds. The van der Waals surface area contributed by atoms with Gasteiger partial charge in [-0.3, -0.25) is 14.5 Å². The zero-order valence-corrected chi connectivity index (χ0v) is 21.2. The molecule has 1 saturated heterocycles. The van der Waals surface area contributed by atoms with Gasteiger partial charge in [-0.1, -0.05) is 24.3 Å². The standard InChI is InChI=1S/C28H28N4O3S/c1-4-14-31-26(34)22(30-28(31)35)16-19-15-17(2)32(18(19)3)27-24(21-12-8-9-13-23(21)36-27)25(33)29-20-10-6-5-7-11-20/h4-7,10-11,15-16H,1,8-9,12-14H2,2-3H3,(H,29,33)(H,30,35)/b22-16+. The van der Waals surface area contributed by atoms with Crippen LogP contribution in [0.1, 0.15) is 50.6 Å². The molecule has 1 aliphatic carbocycles. The highest BCUT2D eigenvalue weighted by Gasteiger charge is 2.33. The molecule has 1 aromatic carbocycles. The molecule has 0 spiro atoms. The normalized spacial score (nSPS) is 16.3. The van der Waals surface area contributed by atoms with Crippen molar-refractivity contribution in [2.75, 3.05) is 11.9 Å². The molecule has 3 heterocycles. The van der Waals surface area contributed by atoms with Gasteiger partial charge < -0.3 is 15.2 Å². The lowest BCUT2D eigenvalue weighted by molar-refractivity contribution is -0.122. The van der Waals surface area contributed by atoms with Gasteiger partial charge in [0.25, 0.3) is 11.8 Å². The maximum atomic E-state index is 13.6. The van der Waals surface area contributed by atoms with Gasteiger partial charge in [-0.05, 0) is 74.9 Å². The molecule has 36 heavy (non-hydrogen) atoms. The van der Waals surface area contributed by atoms with E-state index in [2.05, 4.69) is 21.8 Å². The van der Waals surface area contributed by atoms with Crippen LogP contribution in [-0.2, 0) is 17.6 Å². The molecule has 5 rings (SSSR count). The number of fused-ring (bicyclic) bond motifs is 1. The predicted molar refractivity (Wildman–Crippen MR) is 143 cm³/mol. The van der Waals surface area contributed by atoms with Crippen molar-refractivity contribution in [3.63, 3.8) is 0 Å². The molecule has 8 heteroatoms. The van der Waals surface area contributed by atoms with Crippen LogP contribution in [0.5, 0.6) is 0 Å². The molecule has 3 aromatic rings. The maximum Gasteiger partial charge on any atom is 0.329 e. The van der Waals surface area contributed by atoms with E-state index in [1.165, 1.54) is 11.0 Å². The van der Waals surface area contributed by atoms with Crippen molar-refractivity contribution in [1.82, 2.24) is 14.8 Å². The second-order valence-corrected chi connectivity index (χ2v) is 10.1. The van der Waals surface area contributed by atoms with E-state index < -0.39 is 6.03 Å². The number of carbonyl (C=O) groups excluding carboxylic acids is 3. The maximum absolute atomic E-state index is 13.6. The first-order valence-electron chi connectivity index (χ1n) is 12.0. The number of amides is 4. The average molecular weight is 501 g/mol. The smallest absolute Gasteiger partial charge is 0.322 e. The van der Waals surface area contributed by atoms with Crippen LogP contribution in [0.25, 0.3) is 11.1 Å². The van der Waals surface area contributed by atoms with Gasteiger partial charge in [-0.2, -0.15) is 0 Å². The Bertz CT molecular complexity index is 1410. The molecular weight excluding hydrogens is 472 g/mol. The minimum absolute atomic E-state index is 0.110. The molecule has 2 aliphatic rings. The van der Waals surface area contributed by atoms with E-state index in [-0.39, 0.29) is 24.1 Å². The number of rotatable bonds is 6. The van der Waals surface area contributed by atoms with Gasteiger partial charge >= 0.3 is 6.03 Å². The van der Waals surface area contributed by atoms with Crippen molar-refractivity contribution < 1.29 is 14.4 Å². The molecule has 0 bridgehead atoms. The summed E-state index contributed by atoms with van der Waals surface area (Å²) >= 11 is 1.67. The lowest BCUT2D eigenvalue weighted by atomic mass is 9.95. The fraction of sp³-hybridized carbons (Fsp3) is 0.250. The number of carbonyl (C=O) groups is 3. The highest BCUT2D eigenvalue weighted by atomic mass is 32.1. The van der Waals surface area contributed by atoms with E-state index in [4.69, 9.17) is 0 Å². The fourth-order valence-corrected chi connectivity index (χ4v) is 6.42. The van der Waals surface area contributed by atoms with E-state index in [0.717, 1.165) is 69.3 Å². The van der Waals surface area contributed by atoms with Gasteiger partial charge in [0.2, 0.25) is 0 Å². The number of aromatic nitrogens is 1. The Morgan fingerprint density at radius 1 is 1.17 bits per heavy atom. The van der Waals surface area contributed by atoms with Crippen LogP contribution < -0.4 is 10.6 Å². The fourth-order valence-electron chi connectivity index (χ4n) is 4.93. The summed E-state index contributed by atoms with van der Waals surface area (Å²) in [6, 6.07) is 11.0. The van der Waals surface area contributed by atoms with E-state index in [1.54, 1.807) is 17.4 Å². The number of benzene rings is 1. The topological polar surface area (TPSA) is 83.4 Å². The van der Waals surface area contributed by atoms with Gasteiger partial charge in [0.15, 0.2) is 0 Å². The van der Waals surface area contributed by atoms with Gasteiger partial charge in [0.05, 0.1) is 5.56 Å². The molecule has 184 valence electrons. The molecule has 2 aromatic heterocycles. The van der Waals surface area contributed by atoms with Crippen molar-refractivity contribution in [3.05, 3.63) is 87.7 Å². The van der Waals surface area contributed by atoms with Crippen LogP contribution >= 0.6 is 11.3 Å². The third-order valence-corrected chi connectivity index (χ3v) is 7.94. The summed E-state index contributed by atoms with van der Waals surface area (Å²) in [5, 5.41) is 6.63. The highest BCUT2D eigenvalue weighted by molar-refractivity contribution is 7.15. The molecule has 0 atom stereocenters. The van der Waals surface area contributed by atoms with Crippen molar-refractivity contribution in [2.24, 2.45) is 0 Å². The van der Waals surface area contributed by atoms with E-state index >= 15 is 0 Å². The minimum Gasteiger partial charge on any atom is -0.322 e. The Hall–Kier alpha value is -3.91. The summed E-state index contributed by atoms with van der Waals surface area (Å²) in [5.74, 6) is -0.486. The van der Waals surface area contributed by atoms with Gasteiger partial charge in [0.1, 0.15) is 10.7 Å². The predicted octanol–water partition coefficient (Wildman–Crippen LogP) is 5.37. The van der Waals surface area contributed by atoms with Crippen LogP contribution in [0.2, 0.25) is 0 Å². The van der Waals surface area contributed by atoms with Crippen LogP contribution in [0, 0.1) is 13.8 Å². The van der Waals surface area contributed by atoms with Crippen molar-refractivity contribution >= 4 is 40.9 Å². The number of urea groups is 1. The quantitative estimate of drug-likeness (QED) is 0.271. The molecule has 1 fully saturated rings. The second kappa shape index (κ2) is 9.62. The third kappa shape index (κ3) is 4.18. The first kappa shape index (κ1) is 23.8. The molecule has 1 aliphatic heterocycles. The zero-order valence-electron chi connectivity index (χ0n) is 20.4. The number of aryl methyl sites for hydroxylation is 2. The molecule has 7 nitrogen and oxygen atoms in total. The van der Waals surface area contributed by atoms with Gasteiger partial charge in [0, 0.05) is 28.5 Å². The summed E-state index contributed by atoms with van der Waals surface area (Å²) in [6.45, 7) is 7.73. The third-order valence-electron chi connectivity index (χ3n) is 6.66. The van der Waals surface area contributed by atoms with Crippen LogP contribution in [0.3, 0.4) is 0 Å². The number of nitrogens with one attached hydrogen (secondary N) is 2. The number of hydrogen-bond donors (Lipinski definition) is 2. The zero-order chi connectivity index (χ0) is 25.4. The Balaban J connectivity index is 1.57. The molecule has 0 radical (unpaired) electrons. The minimum atomic E-state index is -0.453. The van der Waals surface area contributed by atoms with Crippen LogP contribution in [0.15, 0.2) is 54.8 Å². The van der Waals surface area contributed by atoms with Crippen molar-refractivity contribution in [1.29, 1.82) is 0 Å².